The first kappa shape index (κ1) is 21.3. The molecule has 1 heterocycles. The molecule has 2 atom stereocenters. The van der Waals surface area contributed by atoms with Gasteiger partial charge in [-0.05, 0) is 37.2 Å². The van der Waals surface area contributed by atoms with Crippen LogP contribution in [0.2, 0.25) is 10.0 Å². The van der Waals surface area contributed by atoms with Crippen molar-refractivity contribution < 1.29 is 19.8 Å². The number of carbonyl (C=O) groups excluding carboxylic acids is 1. The highest BCUT2D eigenvalue weighted by Crippen LogP contribution is 2.28. The van der Waals surface area contributed by atoms with E-state index < -0.39 is 22.2 Å². The number of anilines is 1. The number of hydrogen-bond donors (Lipinski definition) is 5. The second-order valence-electron chi connectivity index (χ2n) is 5.99. The molecule has 0 aliphatic carbocycles. The van der Waals surface area contributed by atoms with Gasteiger partial charge in [-0.3, -0.25) is 5.06 Å². The molecule has 0 spiro atoms. The van der Waals surface area contributed by atoms with Crippen LogP contribution in [-0.4, -0.2) is 25.1 Å². The average molecular weight is 441 g/mol. The number of hydrogen-bond acceptors (Lipinski definition) is 6. The van der Waals surface area contributed by atoms with Crippen molar-refractivity contribution in [2.45, 2.75) is 6.42 Å². The van der Waals surface area contributed by atoms with Crippen molar-refractivity contribution in [2.24, 2.45) is 10.8 Å². The number of guanidine groups is 1. The lowest BCUT2D eigenvalue weighted by molar-refractivity contribution is -0.813. The number of benzene rings is 2. The third-order valence-corrected chi connectivity index (χ3v) is 4.38. The molecule has 3 rings (SSSR count). The van der Waals surface area contributed by atoms with Crippen LogP contribution < -0.4 is 31.3 Å². The molecule has 10 nitrogen and oxygen atoms in total. The van der Waals surface area contributed by atoms with Gasteiger partial charge >= 0.3 is 12.0 Å². The minimum absolute atomic E-state index is 0.0707. The van der Waals surface area contributed by atoms with Gasteiger partial charge < -0.3 is 26.2 Å². The van der Waals surface area contributed by atoms with Crippen LogP contribution in [0.3, 0.4) is 0 Å². The predicted octanol–water partition coefficient (Wildman–Crippen LogP) is 0.856. The number of rotatable bonds is 5. The molecule has 1 aliphatic heterocycles. The Hall–Kier alpha value is -2.44. The summed E-state index contributed by atoms with van der Waals surface area (Å²) >= 11 is 11.9. The fraction of sp³-hybridized carbons (Fsp3) is 0.176. The molecule has 6 N–H and O–H groups in total. The van der Waals surface area contributed by atoms with Gasteiger partial charge in [0.15, 0.2) is 0 Å². The van der Waals surface area contributed by atoms with E-state index in [0.29, 0.717) is 30.3 Å². The maximum Gasteiger partial charge on any atom is 0.362 e. The molecular formula is C17H18Cl2N6O4. The largest absolute Gasteiger partial charge is 0.621 e. The summed E-state index contributed by atoms with van der Waals surface area (Å²) in [6.45, 7) is 0.809. The van der Waals surface area contributed by atoms with E-state index in [-0.39, 0.29) is 22.1 Å². The first-order chi connectivity index (χ1) is 13.9. The zero-order valence-corrected chi connectivity index (χ0v) is 16.5. The number of hydroxylamine groups is 1. The van der Waals surface area contributed by atoms with Gasteiger partial charge in [0.05, 0.1) is 12.3 Å². The molecule has 0 bridgehead atoms. The lowest BCUT2D eigenvalue weighted by Gasteiger charge is -2.30. The molecule has 0 fully saturated rings. The van der Waals surface area contributed by atoms with Gasteiger partial charge in [0.2, 0.25) is 11.4 Å². The SMILES string of the molecule is NCCCOc1ccc(Cl)cc1NC(=O)NC1=N[NH+]([O-])c2ccc(Cl)cc2[NH+]1[O-]. The highest BCUT2D eigenvalue weighted by molar-refractivity contribution is 6.31. The van der Waals surface area contributed by atoms with Crippen LogP contribution >= 0.6 is 23.2 Å². The van der Waals surface area contributed by atoms with Crippen LogP contribution in [-0.2, 0) is 0 Å². The third kappa shape index (κ3) is 5.14. The van der Waals surface area contributed by atoms with E-state index in [2.05, 4.69) is 15.7 Å². The zero-order chi connectivity index (χ0) is 21.0. The lowest BCUT2D eigenvalue weighted by atomic mass is 10.2. The number of urea groups is 1. The minimum Gasteiger partial charge on any atom is -0.621 e. The van der Waals surface area contributed by atoms with Crippen molar-refractivity contribution in [1.29, 1.82) is 0 Å². The minimum atomic E-state index is -0.790. The van der Waals surface area contributed by atoms with Gasteiger partial charge in [-0.15, -0.1) is 0 Å². The molecule has 0 saturated heterocycles. The first-order valence-corrected chi connectivity index (χ1v) is 9.32. The monoisotopic (exact) mass is 440 g/mol. The van der Waals surface area contributed by atoms with Crippen LogP contribution in [0.25, 0.3) is 0 Å². The van der Waals surface area contributed by atoms with Gasteiger partial charge in [-0.25, -0.2) is 10.1 Å². The molecule has 2 aromatic rings. The van der Waals surface area contributed by atoms with E-state index in [1.807, 2.05) is 0 Å². The fourth-order valence-electron chi connectivity index (χ4n) is 2.57. The molecule has 12 heteroatoms. The van der Waals surface area contributed by atoms with E-state index in [9.17, 15) is 15.2 Å². The number of nitrogens with zero attached hydrogens (tertiary/aromatic N) is 1. The Morgan fingerprint density at radius 1 is 1.10 bits per heavy atom. The summed E-state index contributed by atoms with van der Waals surface area (Å²) in [5.41, 5.74) is 5.92. The molecule has 2 amide bonds. The van der Waals surface area contributed by atoms with Crippen LogP contribution in [0.1, 0.15) is 6.42 Å². The number of carbonyl (C=O) groups is 1. The second-order valence-corrected chi connectivity index (χ2v) is 6.87. The molecule has 0 radical (unpaired) electrons. The standard InChI is InChI=1S/C17H18Cl2N6O4/c18-10-3-5-15(29-7-1-6-20)12(8-10)21-17(26)22-16-23-25(28)13-4-2-11(19)9-14(13)24(16)27/h2-5,8-9,24-25H,1,6-7,20H2,(H2,21,22,23,26). The van der Waals surface area contributed by atoms with Crippen LogP contribution in [0.15, 0.2) is 41.5 Å². The van der Waals surface area contributed by atoms with Crippen molar-refractivity contribution in [3.8, 4) is 5.75 Å². The van der Waals surface area contributed by atoms with E-state index in [1.54, 1.807) is 12.1 Å². The Bertz CT molecular complexity index is 942. The Morgan fingerprint density at radius 3 is 2.59 bits per heavy atom. The number of nitrogens with one attached hydrogen (secondary N) is 4. The van der Waals surface area contributed by atoms with Crippen LogP contribution in [0, 0.1) is 10.4 Å². The van der Waals surface area contributed by atoms with Gasteiger partial charge in [0.1, 0.15) is 5.75 Å². The van der Waals surface area contributed by atoms with Crippen molar-refractivity contribution in [2.75, 3.05) is 18.5 Å². The predicted molar refractivity (Wildman–Crippen MR) is 110 cm³/mol. The molecular weight excluding hydrogens is 423 g/mol. The number of fused-ring (bicyclic) bond motifs is 1. The molecule has 2 unspecified atom stereocenters. The third-order valence-electron chi connectivity index (χ3n) is 3.91. The van der Waals surface area contributed by atoms with Crippen molar-refractivity contribution in [1.82, 2.24) is 5.32 Å². The Balaban J connectivity index is 1.74. The van der Waals surface area contributed by atoms with E-state index >= 15 is 0 Å². The molecule has 29 heavy (non-hydrogen) atoms. The Labute approximate surface area is 176 Å². The number of nitrogens with two attached hydrogens (primary N) is 1. The second kappa shape index (κ2) is 9.37. The fourth-order valence-corrected chi connectivity index (χ4v) is 2.91. The quantitative estimate of drug-likeness (QED) is 0.345. The molecule has 0 saturated carbocycles. The summed E-state index contributed by atoms with van der Waals surface area (Å²) in [5, 5.41) is 32.6. The molecule has 154 valence electrons. The summed E-state index contributed by atoms with van der Waals surface area (Å²) in [4.78, 5) is 12.4. The summed E-state index contributed by atoms with van der Waals surface area (Å²) < 4.78 is 5.57. The smallest absolute Gasteiger partial charge is 0.362 e. The Kier molecular flexibility index (Phi) is 6.87. The van der Waals surface area contributed by atoms with Crippen LogP contribution in [0.5, 0.6) is 5.75 Å². The summed E-state index contributed by atoms with van der Waals surface area (Å²) in [5.74, 6) is -0.0296. The van der Waals surface area contributed by atoms with Gasteiger partial charge in [0, 0.05) is 27.3 Å². The number of quaternary nitrogens is 2. The van der Waals surface area contributed by atoms with Crippen molar-refractivity contribution in [3.05, 3.63) is 56.9 Å². The zero-order valence-electron chi connectivity index (χ0n) is 15.0. The summed E-state index contributed by atoms with van der Waals surface area (Å²) in [6, 6.07) is 8.15. The molecule has 2 aromatic carbocycles. The lowest BCUT2D eigenvalue weighted by Crippen LogP contribution is -3.15. The number of ether oxygens (including phenoxy) is 1. The average Bonchev–Trinajstić information content (AvgIpc) is 2.67. The highest BCUT2D eigenvalue weighted by atomic mass is 35.5. The summed E-state index contributed by atoms with van der Waals surface area (Å²) in [6.07, 6.45) is 0.629. The van der Waals surface area contributed by atoms with E-state index in [4.69, 9.17) is 33.7 Å². The van der Waals surface area contributed by atoms with Crippen molar-refractivity contribution in [3.63, 3.8) is 0 Å². The van der Waals surface area contributed by atoms with Crippen molar-refractivity contribution >= 4 is 52.3 Å². The van der Waals surface area contributed by atoms with Gasteiger partial charge in [-0.2, -0.15) is 5.17 Å². The number of amides is 2. The van der Waals surface area contributed by atoms with Gasteiger partial charge in [0.25, 0.3) is 0 Å². The Morgan fingerprint density at radius 2 is 1.83 bits per heavy atom. The first-order valence-electron chi connectivity index (χ1n) is 8.56. The van der Waals surface area contributed by atoms with Crippen LogP contribution in [0.4, 0.5) is 21.9 Å². The van der Waals surface area contributed by atoms with E-state index in [1.165, 1.54) is 24.3 Å². The highest BCUT2D eigenvalue weighted by Gasteiger charge is 2.29. The van der Waals surface area contributed by atoms with Gasteiger partial charge in [-0.1, -0.05) is 23.2 Å². The molecule has 1 aliphatic rings. The maximum atomic E-state index is 12.6. The molecule has 0 aromatic heterocycles. The normalized spacial score (nSPS) is 17.9. The maximum absolute atomic E-state index is 12.6. The van der Waals surface area contributed by atoms with E-state index in [0.717, 1.165) is 0 Å². The number of halogens is 2. The summed E-state index contributed by atoms with van der Waals surface area (Å²) in [7, 11) is 0. The topological polar surface area (TPSA) is 144 Å².